The molecule has 3 atom stereocenters. The number of para-hydroxylation sites is 1. The first kappa shape index (κ1) is 34.1. The summed E-state index contributed by atoms with van der Waals surface area (Å²) >= 11 is -1.41. The second-order valence-electron chi connectivity index (χ2n) is 12.7. The number of aromatic amines is 1. The maximum atomic E-state index is 13.9. The summed E-state index contributed by atoms with van der Waals surface area (Å²) in [5.41, 5.74) is 12.5. The molecule has 0 bridgehead atoms. The molecule has 0 spiro atoms. The number of carbonyl (C=O) groups excluding carboxylic acids is 1. The first-order valence-corrected chi connectivity index (χ1v) is 17.2. The van der Waals surface area contributed by atoms with Crippen molar-refractivity contribution in [1.82, 2.24) is 14.6 Å². The van der Waals surface area contributed by atoms with Crippen LogP contribution in [0.1, 0.15) is 78.2 Å². The summed E-state index contributed by atoms with van der Waals surface area (Å²) in [6.45, 7) is 13.9. The lowest BCUT2D eigenvalue weighted by Gasteiger charge is -2.38. The molecule has 2 heterocycles. The Kier molecular flexibility index (Phi) is 10.3. The fourth-order valence-corrected chi connectivity index (χ4v) is 7.61. The monoisotopic (exact) mass is 655 g/mol. The van der Waals surface area contributed by atoms with Crippen molar-refractivity contribution in [2.24, 2.45) is 0 Å². The van der Waals surface area contributed by atoms with Crippen LogP contribution in [0.15, 0.2) is 82.6 Å². The topological polar surface area (TPSA) is 136 Å². The molecule has 47 heavy (non-hydrogen) atoms. The molecule has 0 fully saturated rings. The van der Waals surface area contributed by atoms with Crippen LogP contribution in [0.2, 0.25) is 0 Å². The number of nitrogens with one attached hydrogen (secondary N) is 3. The minimum absolute atomic E-state index is 0.0956. The molecule has 1 aromatic heterocycles. The number of hydrogen-bond donors (Lipinski definition) is 4. The van der Waals surface area contributed by atoms with Crippen LogP contribution in [-0.2, 0) is 17.9 Å². The standard InChI is InChI=1S/C37H45N5O4S/c1-7-28-22-42(47(45)32-12-10-9-11-31(32)46-28)21-27-19-25(14-13-23(27)3)34(29-16-17-30(39-8-2)35(38)24(29)4)37(5,6)41-36(44)26-15-18-33(43)40-20-26/h9-20,28,34,39H,7-8,21-22,38H2,1-6H3,(H,40,43)(H,41,44)/t28-,34?,47?/m1/s1. The number of ether oxygens (including phenoxy) is 1. The summed E-state index contributed by atoms with van der Waals surface area (Å²) < 4.78 is 22.2. The van der Waals surface area contributed by atoms with Crippen molar-refractivity contribution in [2.75, 3.05) is 24.1 Å². The molecule has 1 aliphatic heterocycles. The molecule has 0 radical (unpaired) electrons. The molecule has 248 valence electrons. The van der Waals surface area contributed by atoms with E-state index >= 15 is 0 Å². The summed E-state index contributed by atoms with van der Waals surface area (Å²) in [7, 11) is 0. The molecule has 5 N–H and O–H groups in total. The Morgan fingerprint density at radius 3 is 2.60 bits per heavy atom. The van der Waals surface area contributed by atoms with Crippen LogP contribution >= 0.6 is 0 Å². The third-order valence-corrected chi connectivity index (χ3v) is 10.4. The quantitative estimate of drug-likeness (QED) is 0.121. The van der Waals surface area contributed by atoms with Gasteiger partial charge >= 0.3 is 0 Å². The number of amides is 1. The van der Waals surface area contributed by atoms with Gasteiger partial charge in [0.15, 0.2) is 5.75 Å². The van der Waals surface area contributed by atoms with Crippen LogP contribution in [0.3, 0.4) is 0 Å². The highest BCUT2D eigenvalue weighted by Crippen LogP contribution is 2.41. The van der Waals surface area contributed by atoms with Crippen LogP contribution in [0.25, 0.3) is 0 Å². The second kappa shape index (κ2) is 14.3. The van der Waals surface area contributed by atoms with Gasteiger partial charge in [0, 0.05) is 30.3 Å². The van der Waals surface area contributed by atoms with E-state index in [1.807, 2.05) is 62.3 Å². The summed E-state index contributed by atoms with van der Waals surface area (Å²) in [6.07, 6.45) is 2.12. The van der Waals surface area contributed by atoms with E-state index in [1.54, 1.807) is 0 Å². The lowest BCUT2D eigenvalue weighted by atomic mass is 9.74. The van der Waals surface area contributed by atoms with E-state index in [2.05, 4.69) is 53.7 Å². The molecule has 0 aliphatic carbocycles. The number of hydrogen-bond acceptors (Lipinski definition) is 7. The van der Waals surface area contributed by atoms with Crippen molar-refractivity contribution in [3.63, 3.8) is 0 Å². The van der Waals surface area contributed by atoms with Gasteiger partial charge < -0.3 is 30.6 Å². The van der Waals surface area contributed by atoms with Gasteiger partial charge in [-0.05, 0) is 93.1 Å². The number of rotatable bonds is 10. The van der Waals surface area contributed by atoms with E-state index in [0.717, 1.165) is 46.5 Å². The van der Waals surface area contributed by atoms with Crippen LogP contribution in [0.4, 0.5) is 11.4 Å². The normalized spacial score (nSPS) is 17.3. The predicted molar refractivity (Wildman–Crippen MR) is 189 cm³/mol. The van der Waals surface area contributed by atoms with E-state index < -0.39 is 16.9 Å². The van der Waals surface area contributed by atoms with E-state index in [0.29, 0.717) is 35.0 Å². The predicted octanol–water partition coefficient (Wildman–Crippen LogP) is 6.04. The summed E-state index contributed by atoms with van der Waals surface area (Å²) in [4.78, 5) is 28.4. The highest BCUT2D eigenvalue weighted by atomic mass is 32.2. The van der Waals surface area contributed by atoms with Crippen molar-refractivity contribution >= 4 is 28.6 Å². The average molecular weight is 656 g/mol. The number of benzene rings is 3. The number of fused-ring (bicyclic) bond motifs is 1. The van der Waals surface area contributed by atoms with Crippen molar-refractivity contribution in [2.45, 2.75) is 77.0 Å². The van der Waals surface area contributed by atoms with Crippen molar-refractivity contribution in [1.29, 1.82) is 0 Å². The zero-order chi connectivity index (χ0) is 33.9. The Morgan fingerprint density at radius 2 is 1.89 bits per heavy atom. The Bertz CT molecular complexity index is 1790. The molecule has 0 saturated carbocycles. The minimum atomic E-state index is -1.41. The summed E-state index contributed by atoms with van der Waals surface area (Å²) in [5.74, 6) is 0.0520. The van der Waals surface area contributed by atoms with Gasteiger partial charge in [0.1, 0.15) is 6.10 Å². The maximum Gasteiger partial charge on any atom is 0.253 e. The Hall–Kier alpha value is -4.25. The van der Waals surface area contributed by atoms with Crippen LogP contribution in [0.5, 0.6) is 5.75 Å². The van der Waals surface area contributed by atoms with Crippen LogP contribution in [-0.4, -0.2) is 44.5 Å². The van der Waals surface area contributed by atoms with Crippen LogP contribution in [0, 0.1) is 13.8 Å². The number of aromatic nitrogens is 1. The van der Waals surface area contributed by atoms with Gasteiger partial charge in [-0.3, -0.25) is 9.59 Å². The zero-order valence-corrected chi connectivity index (χ0v) is 28.8. The summed E-state index contributed by atoms with van der Waals surface area (Å²) in [5, 5.41) is 6.58. The molecule has 0 saturated heterocycles. The first-order chi connectivity index (χ1) is 22.4. The van der Waals surface area contributed by atoms with Gasteiger partial charge in [-0.25, -0.2) is 0 Å². The molecule has 2 unspecified atom stereocenters. The highest BCUT2D eigenvalue weighted by molar-refractivity contribution is 7.89. The Morgan fingerprint density at radius 1 is 1.13 bits per heavy atom. The zero-order valence-electron chi connectivity index (χ0n) is 28.0. The van der Waals surface area contributed by atoms with Gasteiger partial charge in [0.2, 0.25) is 10.5 Å². The molecule has 3 aromatic carbocycles. The van der Waals surface area contributed by atoms with E-state index in [-0.39, 0.29) is 23.5 Å². The number of aryl methyl sites for hydroxylation is 1. The third kappa shape index (κ3) is 7.35. The van der Waals surface area contributed by atoms with E-state index in [9.17, 15) is 14.1 Å². The molecule has 9 nitrogen and oxygen atoms in total. The number of nitrogens with zero attached hydrogens (tertiary/aromatic N) is 1. The van der Waals surface area contributed by atoms with E-state index in [1.165, 1.54) is 18.3 Å². The number of pyridine rings is 1. The number of nitrogens with two attached hydrogens (primary N) is 1. The third-order valence-electron chi connectivity index (χ3n) is 8.92. The molecular weight excluding hydrogens is 611 g/mol. The average Bonchev–Trinajstić information content (AvgIpc) is 3.18. The van der Waals surface area contributed by atoms with Crippen LogP contribution < -0.4 is 26.7 Å². The van der Waals surface area contributed by atoms with Crippen molar-refractivity contribution in [3.05, 3.63) is 117 Å². The van der Waals surface area contributed by atoms with Gasteiger partial charge in [0.05, 0.1) is 41.4 Å². The second-order valence-corrected chi connectivity index (χ2v) is 14.1. The van der Waals surface area contributed by atoms with Crippen molar-refractivity contribution < 1.29 is 14.1 Å². The highest BCUT2D eigenvalue weighted by Gasteiger charge is 2.37. The van der Waals surface area contributed by atoms with Gasteiger partial charge in [-0.1, -0.05) is 43.3 Å². The number of carbonyl (C=O) groups is 1. The van der Waals surface area contributed by atoms with Gasteiger partial charge in [0.25, 0.3) is 5.91 Å². The smallest absolute Gasteiger partial charge is 0.253 e. The van der Waals surface area contributed by atoms with Crippen molar-refractivity contribution in [3.8, 4) is 5.75 Å². The molecule has 4 aromatic rings. The number of H-pyrrole nitrogens is 1. The minimum Gasteiger partial charge on any atom is -0.593 e. The maximum absolute atomic E-state index is 13.9. The van der Waals surface area contributed by atoms with Gasteiger partial charge in [-0.15, -0.1) is 4.31 Å². The molecule has 1 amide bonds. The lowest BCUT2D eigenvalue weighted by Crippen LogP contribution is -2.48. The Balaban J connectivity index is 1.57. The first-order valence-electron chi connectivity index (χ1n) is 16.1. The largest absolute Gasteiger partial charge is 0.593 e. The number of anilines is 2. The summed E-state index contributed by atoms with van der Waals surface area (Å²) in [6, 6.07) is 20.8. The fraction of sp³-hybridized carbons (Fsp3) is 0.351. The van der Waals surface area contributed by atoms with E-state index in [4.69, 9.17) is 10.5 Å². The van der Waals surface area contributed by atoms with Gasteiger partial charge in [-0.2, -0.15) is 0 Å². The SMILES string of the molecule is CCNc1ccc(C(c2ccc(C)c(CN3C[C@@H](CC)Oc4ccccc4[S+]3[O-])c2)C(C)(C)NC(=O)c2ccc(=O)[nH]c2)c(C)c1N. The Labute approximate surface area is 280 Å². The fourth-order valence-electron chi connectivity index (χ4n) is 6.29. The number of nitrogen functional groups attached to an aromatic ring is 1. The molecule has 5 rings (SSSR count). The molecule has 10 heteroatoms. The lowest BCUT2D eigenvalue weighted by molar-refractivity contribution is 0.0905. The molecule has 1 aliphatic rings. The molecular formula is C37H45N5O4S.